The van der Waals surface area contributed by atoms with Gasteiger partial charge < -0.3 is 5.11 Å². The van der Waals surface area contributed by atoms with Crippen LogP contribution in [0.4, 0.5) is 0 Å². The second kappa shape index (κ2) is 4.96. The molecule has 0 amide bonds. The molecule has 0 aromatic heterocycles. The Morgan fingerprint density at radius 2 is 1.63 bits per heavy atom. The molecule has 2 aliphatic rings. The molecule has 0 aromatic rings. The van der Waals surface area contributed by atoms with Crippen molar-refractivity contribution in [2.45, 2.75) is 39.5 Å². The molecule has 2 rings (SSSR count). The molecule has 0 atom stereocenters. The average molecular weight is 260 g/mol. The summed E-state index contributed by atoms with van der Waals surface area (Å²) in [5.74, 6) is -1.35. The molecule has 0 spiro atoms. The van der Waals surface area contributed by atoms with Gasteiger partial charge in [-0.1, -0.05) is 0 Å². The Bertz CT molecular complexity index is 573. The molecule has 0 aromatic carbocycles. The summed E-state index contributed by atoms with van der Waals surface area (Å²) in [6.45, 7) is 3.02. The molecule has 4 nitrogen and oxygen atoms in total. The highest BCUT2D eigenvalue weighted by molar-refractivity contribution is 6.26. The molecule has 100 valence electrons. The van der Waals surface area contributed by atoms with E-state index >= 15 is 0 Å². The van der Waals surface area contributed by atoms with E-state index in [9.17, 15) is 14.4 Å². The van der Waals surface area contributed by atoms with Gasteiger partial charge in [-0.2, -0.15) is 0 Å². The maximum atomic E-state index is 12.4. The fraction of sp³-hybridized carbons (Fsp3) is 0.400. The smallest absolute Gasteiger partial charge is 0.331 e. The number of rotatable bonds is 2. The zero-order valence-electron chi connectivity index (χ0n) is 11.1. The third kappa shape index (κ3) is 2.30. The van der Waals surface area contributed by atoms with E-state index in [0.717, 1.165) is 12.8 Å². The second-order valence-electron chi connectivity index (χ2n) is 4.99. The molecule has 0 unspecified atom stereocenters. The molecule has 0 bridgehead atoms. The van der Waals surface area contributed by atoms with E-state index in [1.165, 1.54) is 13.0 Å². The van der Waals surface area contributed by atoms with Crippen LogP contribution in [0.5, 0.6) is 0 Å². The van der Waals surface area contributed by atoms with Crippen molar-refractivity contribution >= 4 is 17.5 Å². The first-order valence-corrected chi connectivity index (χ1v) is 6.37. The summed E-state index contributed by atoms with van der Waals surface area (Å²) in [6, 6.07) is 0. The molecule has 0 aliphatic heterocycles. The Balaban J connectivity index is 2.49. The molecular formula is C15H16O4. The minimum atomic E-state index is -1.08. The van der Waals surface area contributed by atoms with Crippen LogP contribution in [0, 0.1) is 0 Å². The summed E-state index contributed by atoms with van der Waals surface area (Å²) in [5, 5.41) is 8.88. The second-order valence-corrected chi connectivity index (χ2v) is 4.99. The number of hydrogen-bond donors (Lipinski definition) is 1. The number of carbonyl (C=O) groups is 3. The SMILES string of the molecule is CC1=C(/C=C(\C)C(=O)O)C(=O)C2=C(CCCC2)C1=O. The van der Waals surface area contributed by atoms with Gasteiger partial charge in [0.25, 0.3) is 0 Å². The van der Waals surface area contributed by atoms with Crippen LogP contribution in [-0.4, -0.2) is 22.6 Å². The van der Waals surface area contributed by atoms with Gasteiger partial charge in [-0.25, -0.2) is 4.79 Å². The number of ketones is 2. The average Bonchev–Trinajstić information content (AvgIpc) is 2.40. The Morgan fingerprint density at radius 1 is 1.11 bits per heavy atom. The number of Topliss-reactive ketones (excluding diaryl/α,β-unsaturated/α-hetero) is 2. The van der Waals surface area contributed by atoms with Crippen molar-refractivity contribution in [1.82, 2.24) is 0 Å². The van der Waals surface area contributed by atoms with Crippen LogP contribution in [0.3, 0.4) is 0 Å². The zero-order chi connectivity index (χ0) is 14.2. The standard InChI is InChI=1S/C15H16O4/c1-8(15(18)19)7-12-9(2)13(16)10-5-3-4-6-11(10)14(12)17/h7H,3-6H2,1-2H3,(H,18,19)/b8-7+. The Kier molecular flexibility index (Phi) is 3.51. The van der Waals surface area contributed by atoms with Gasteiger partial charge in [-0.05, 0) is 45.6 Å². The van der Waals surface area contributed by atoms with E-state index in [1.807, 2.05) is 0 Å². The molecule has 0 heterocycles. The molecule has 0 radical (unpaired) electrons. The quantitative estimate of drug-likeness (QED) is 0.611. The lowest BCUT2D eigenvalue weighted by atomic mass is 9.77. The summed E-state index contributed by atoms with van der Waals surface area (Å²) < 4.78 is 0. The van der Waals surface area contributed by atoms with Gasteiger partial charge in [0.05, 0.1) is 0 Å². The van der Waals surface area contributed by atoms with Crippen molar-refractivity contribution < 1.29 is 19.5 Å². The summed E-state index contributed by atoms with van der Waals surface area (Å²) in [6.07, 6.45) is 4.44. The topological polar surface area (TPSA) is 71.4 Å². The van der Waals surface area contributed by atoms with Crippen LogP contribution in [0.2, 0.25) is 0 Å². The normalized spacial score (nSPS) is 20.8. The third-order valence-corrected chi connectivity index (χ3v) is 3.70. The van der Waals surface area contributed by atoms with E-state index in [1.54, 1.807) is 6.92 Å². The highest BCUT2D eigenvalue weighted by Gasteiger charge is 2.32. The minimum absolute atomic E-state index is 0.0651. The van der Waals surface area contributed by atoms with Crippen molar-refractivity contribution in [1.29, 1.82) is 0 Å². The first kappa shape index (κ1) is 13.5. The van der Waals surface area contributed by atoms with Crippen molar-refractivity contribution in [3.8, 4) is 0 Å². The summed E-state index contributed by atoms with van der Waals surface area (Å²) >= 11 is 0. The van der Waals surface area contributed by atoms with E-state index in [-0.39, 0.29) is 22.7 Å². The van der Waals surface area contributed by atoms with Crippen LogP contribution in [0.25, 0.3) is 0 Å². The van der Waals surface area contributed by atoms with Gasteiger partial charge in [0.1, 0.15) is 0 Å². The Morgan fingerprint density at radius 3 is 2.16 bits per heavy atom. The van der Waals surface area contributed by atoms with Gasteiger partial charge in [-0.15, -0.1) is 0 Å². The number of hydrogen-bond acceptors (Lipinski definition) is 3. The van der Waals surface area contributed by atoms with E-state index in [2.05, 4.69) is 0 Å². The highest BCUT2D eigenvalue weighted by Crippen LogP contribution is 2.34. The molecule has 1 N–H and O–H groups in total. The molecule has 19 heavy (non-hydrogen) atoms. The van der Waals surface area contributed by atoms with Crippen molar-refractivity contribution in [3.63, 3.8) is 0 Å². The Labute approximate surface area is 111 Å². The summed E-state index contributed by atoms with van der Waals surface area (Å²) in [5.41, 5.74) is 1.90. The maximum Gasteiger partial charge on any atom is 0.331 e. The van der Waals surface area contributed by atoms with Crippen LogP contribution < -0.4 is 0 Å². The lowest BCUT2D eigenvalue weighted by Crippen LogP contribution is -2.24. The fourth-order valence-corrected chi connectivity index (χ4v) is 2.54. The molecule has 0 saturated heterocycles. The van der Waals surface area contributed by atoms with Crippen molar-refractivity contribution in [3.05, 3.63) is 33.9 Å². The van der Waals surface area contributed by atoms with Crippen LogP contribution in [-0.2, 0) is 14.4 Å². The van der Waals surface area contributed by atoms with Gasteiger partial charge >= 0.3 is 5.97 Å². The van der Waals surface area contributed by atoms with Crippen LogP contribution in [0.1, 0.15) is 39.5 Å². The Hall–Kier alpha value is -1.97. The summed E-state index contributed by atoms with van der Waals surface area (Å²) in [7, 11) is 0. The van der Waals surface area contributed by atoms with Gasteiger partial charge in [0.15, 0.2) is 11.6 Å². The molecule has 4 heteroatoms. The minimum Gasteiger partial charge on any atom is -0.478 e. The van der Waals surface area contributed by atoms with Gasteiger partial charge in [0, 0.05) is 27.9 Å². The largest absolute Gasteiger partial charge is 0.478 e. The zero-order valence-corrected chi connectivity index (χ0v) is 11.1. The van der Waals surface area contributed by atoms with Gasteiger partial charge in [0.2, 0.25) is 0 Å². The molecular weight excluding hydrogens is 244 g/mol. The number of carboxylic acid groups (broad SMARTS) is 1. The lowest BCUT2D eigenvalue weighted by molar-refractivity contribution is -0.132. The van der Waals surface area contributed by atoms with Crippen molar-refractivity contribution in [2.75, 3.05) is 0 Å². The first-order chi connectivity index (χ1) is 8.93. The predicted octanol–water partition coefficient (Wildman–Crippen LogP) is 2.36. The van der Waals surface area contributed by atoms with E-state index in [4.69, 9.17) is 5.11 Å². The third-order valence-electron chi connectivity index (χ3n) is 3.70. The number of allylic oxidation sites excluding steroid dienone is 5. The lowest BCUT2D eigenvalue weighted by Gasteiger charge is -2.24. The summed E-state index contributed by atoms with van der Waals surface area (Å²) in [4.78, 5) is 35.4. The van der Waals surface area contributed by atoms with Crippen LogP contribution >= 0.6 is 0 Å². The van der Waals surface area contributed by atoms with Crippen LogP contribution in [0.15, 0.2) is 33.9 Å². The number of carbonyl (C=O) groups excluding carboxylic acids is 2. The molecule has 2 aliphatic carbocycles. The first-order valence-electron chi connectivity index (χ1n) is 6.37. The predicted molar refractivity (Wildman–Crippen MR) is 69.6 cm³/mol. The van der Waals surface area contributed by atoms with E-state index < -0.39 is 5.97 Å². The molecule has 0 saturated carbocycles. The van der Waals surface area contributed by atoms with Gasteiger partial charge in [-0.3, -0.25) is 9.59 Å². The monoisotopic (exact) mass is 260 g/mol. The highest BCUT2D eigenvalue weighted by atomic mass is 16.4. The van der Waals surface area contributed by atoms with E-state index in [0.29, 0.717) is 29.6 Å². The fourth-order valence-electron chi connectivity index (χ4n) is 2.54. The number of aliphatic carboxylic acids is 1. The maximum absolute atomic E-state index is 12.4. The number of carboxylic acids is 1. The molecule has 0 fully saturated rings. The van der Waals surface area contributed by atoms with Crippen molar-refractivity contribution in [2.24, 2.45) is 0 Å².